The van der Waals surface area contributed by atoms with Crippen molar-refractivity contribution >= 4 is 11.9 Å². The Morgan fingerprint density at radius 3 is 2.61 bits per heavy atom. The van der Waals surface area contributed by atoms with Crippen LogP contribution < -0.4 is 9.47 Å². The van der Waals surface area contributed by atoms with Crippen molar-refractivity contribution in [1.29, 1.82) is 0 Å². The summed E-state index contributed by atoms with van der Waals surface area (Å²) in [6.07, 6.45) is 1.46. The smallest absolute Gasteiger partial charge is 0.348 e. The molecule has 0 unspecified atom stereocenters. The van der Waals surface area contributed by atoms with E-state index in [1.807, 2.05) is 0 Å². The van der Waals surface area contributed by atoms with Gasteiger partial charge >= 0.3 is 11.9 Å². The lowest BCUT2D eigenvalue weighted by Crippen LogP contribution is -2.12. The van der Waals surface area contributed by atoms with Crippen molar-refractivity contribution in [1.82, 2.24) is 10.2 Å². The van der Waals surface area contributed by atoms with Gasteiger partial charge in [0.15, 0.2) is 0 Å². The molecule has 1 aromatic heterocycles. The Bertz CT molecular complexity index is 563. The molecule has 0 amide bonds. The maximum Gasteiger partial charge on any atom is 0.348 e. The second kappa shape index (κ2) is 5.13. The summed E-state index contributed by atoms with van der Waals surface area (Å²) in [5, 5.41) is 6.15. The number of esters is 2. The van der Waals surface area contributed by atoms with Crippen LogP contribution in [0.3, 0.4) is 0 Å². The summed E-state index contributed by atoms with van der Waals surface area (Å²) in [5.74, 6) is -0.750. The monoisotopic (exact) mass is 246 g/mol. The van der Waals surface area contributed by atoms with E-state index in [2.05, 4.69) is 10.2 Å². The molecule has 2 aromatic rings. The predicted octanol–water partition coefficient (Wildman–Crippen LogP) is 1.55. The van der Waals surface area contributed by atoms with Crippen molar-refractivity contribution in [3.8, 4) is 11.6 Å². The zero-order chi connectivity index (χ0) is 13.0. The van der Waals surface area contributed by atoms with Crippen molar-refractivity contribution in [3.63, 3.8) is 0 Å². The molecule has 92 valence electrons. The van der Waals surface area contributed by atoms with E-state index in [9.17, 15) is 9.59 Å². The first-order chi connectivity index (χ1) is 8.66. The van der Waals surface area contributed by atoms with Crippen molar-refractivity contribution < 1.29 is 19.1 Å². The third-order valence-corrected chi connectivity index (χ3v) is 2.04. The van der Waals surface area contributed by atoms with E-state index in [-0.39, 0.29) is 17.2 Å². The summed E-state index contributed by atoms with van der Waals surface area (Å²) in [4.78, 5) is 22.8. The number of H-pyrrole nitrogens is 1. The first-order valence-corrected chi connectivity index (χ1v) is 5.16. The second-order valence-electron chi connectivity index (χ2n) is 3.40. The molecule has 1 N–H and O–H groups in total. The maximum absolute atomic E-state index is 11.9. The lowest BCUT2D eigenvalue weighted by Gasteiger charge is -2.07. The molecule has 1 aromatic carbocycles. The molecular weight excluding hydrogens is 236 g/mol. The lowest BCUT2D eigenvalue weighted by atomic mass is 10.2. The molecule has 0 spiro atoms. The van der Waals surface area contributed by atoms with E-state index in [4.69, 9.17) is 9.47 Å². The maximum atomic E-state index is 11.9. The fraction of sp³-hybridized carbons (Fsp3) is 0.0833. The largest absolute Gasteiger partial charge is 0.426 e. The van der Waals surface area contributed by atoms with Crippen LogP contribution in [0.15, 0.2) is 36.5 Å². The second-order valence-corrected chi connectivity index (χ2v) is 3.40. The average Bonchev–Trinajstić information content (AvgIpc) is 2.81. The first-order valence-electron chi connectivity index (χ1n) is 5.16. The molecule has 0 aliphatic rings. The molecule has 0 atom stereocenters. The zero-order valence-electron chi connectivity index (χ0n) is 9.54. The number of nitrogens with zero attached hydrogens (tertiary/aromatic N) is 1. The van der Waals surface area contributed by atoms with Gasteiger partial charge in [0.2, 0.25) is 5.88 Å². The predicted molar refractivity (Wildman–Crippen MR) is 61.3 cm³/mol. The van der Waals surface area contributed by atoms with Crippen LogP contribution in [0.4, 0.5) is 0 Å². The number of carbonyl (C=O) groups excluding carboxylic acids is 2. The van der Waals surface area contributed by atoms with Gasteiger partial charge in [-0.15, -0.1) is 0 Å². The number of aromatic nitrogens is 2. The summed E-state index contributed by atoms with van der Waals surface area (Å²) in [7, 11) is 0. The Hall–Kier alpha value is -2.63. The molecule has 0 saturated carbocycles. The van der Waals surface area contributed by atoms with E-state index in [1.54, 1.807) is 12.1 Å². The van der Waals surface area contributed by atoms with Crippen LogP contribution in [-0.4, -0.2) is 22.1 Å². The summed E-state index contributed by atoms with van der Waals surface area (Å²) < 4.78 is 9.93. The van der Waals surface area contributed by atoms with Gasteiger partial charge < -0.3 is 9.47 Å². The first kappa shape index (κ1) is 11.8. The van der Waals surface area contributed by atoms with E-state index in [1.165, 1.54) is 31.3 Å². The van der Waals surface area contributed by atoms with Gasteiger partial charge in [-0.2, -0.15) is 5.10 Å². The number of ether oxygens (including phenoxy) is 2. The number of hydrogen-bond acceptors (Lipinski definition) is 5. The minimum absolute atomic E-state index is 0.162. The molecule has 0 saturated heterocycles. The third kappa shape index (κ3) is 2.73. The highest BCUT2D eigenvalue weighted by molar-refractivity contribution is 5.94. The lowest BCUT2D eigenvalue weighted by molar-refractivity contribution is -0.131. The Labute approximate surface area is 103 Å². The number of rotatable bonds is 3. The van der Waals surface area contributed by atoms with E-state index < -0.39 is 11.9 Å². The average molecular weight is 246 g/mol. The Morgan fingerprint density at radius 1 is 1.17 bits per heavy atom. The number of benzene rings is 1. The minimum Gasteiger partial charge on any atom is -0.426 e. The van der Waals surface area contributed by atoms with Gasteiger partial charge in [0, 0.05) is 13.0 Å². The van der Waals surface area contributed by atoms with Crippen LogP contribution >= 0.6 is 0 Å². The quantitative estimate of drug-likeness (QED) is 0.656. The van der Waals surface area contributed by atoms with Crippen molar-refractivity contribution in [2.45, 2.75) is 6.92 Å². The van der Waals surface area contributed by atoms with Gasteiger partial charge in [0.1, 0.15) is 11.3 Å². The van der Waals surface area contributed by atoms with Crippen molar-refractivity contribution in [3.05, 3.63) is 42.1 Å². The molecule has 6 nitrogen and oxygen atoms in total. The van der Waals surface area contributed by atoms with Crippen LogP contribution in [0.1, 0.15) is 17.3 Å². The number of nitrogens with one attached hydrogen (secondary N) is 1. The summed E-state index contributed by atoms with van der Waals surface area (Å²) in [6.45, 7) is 1.26. The molecule has 0 radical (unpaired) electrons. The van der Waals surface area contributed by atoms with Gasteiger partial charge in [-0.1, -0.05) is 12.1 Å². The Morgan fingerprint density at radius 2 is 1.94 bits per heavy atom. The Kier molecular flexibility index (Phi) is 3.38. The highest BCUT2D eigenvalue weighted by Gasteiger charge is 2.16. The van der Waals surface area contributed by atoms with Crippen molar-refractivity contribution in [2.24, 2.45) is 0 Å². The van der Waals surface area contributed by atoms with Crippen molar-refractivity contribution in [2.75, 3.05) is 0 Å². The standard InChI is InChI=1S/C12H10N2O4/c1-8(15)17-10-5-3-2-4-9(10)12(16)18-11-6-7-13-14-11/h2-7H,1H3,(H,13,14). The topological polar surface area (TPSA) is 81.3 Å². The van der Waals surface area contributed by atoms with Gasteiger partial charge in [0.05, 0.1) is 6.20 Å². The number of hydrogen-bond donors (Lipinski definition) is 1. The summed E-state index contributed by atoms with van der Waals surface area (Å²) >= 11 is 0. The normalized spacial score (nSPS) is 9.83. The summed E-state index contributed by atoms with van der Waals surface area (Å²) in [5.41, 5.74) is 0.169. The fourth-order valence-electron chi connectivity index (χ4n) is 1.33. The van der Waals surface area contributed by atoms with Gasteiger partial charge in [-0.3, -0.25) is 4.79 Å². The van der Waals surface area contributed by atoms with E-state index in [0.717, 1.165) is 0 Å². The SMILES string of the molecule is CC(=O)Oc1ccccc1C(=O)Oc1ccn[nH]1. The number of aromatic amines is 1. The number of para-hydroxylation sites is 1. The van der Waals surface area contributed by atoms with Crippen LogP contribution in [0.2, 0.25) is 0 Å². The molecule has 6 heteroatoms. The third-order valence-electron chi connectivity index (χ3n) is 2.04. The highest BCUT2D eigenvalue weighted by Crippen LogP contribution is 2.20. The molecule has 18 heavy (non-hydrogen) atoms. The van der Waals surface area contributed by atoms with Crippen LogP contribution in [0, 0.1) is 0 Å². The van der Waals surface area contributed by atoms with E-state index >= 15 is 0 Å². The Balaban J connectivity index is 2.21. The minimum atomic E-state index is -0.629. The fourth-order valence-corrected chi connectivity index (χ4v) is 1.33. The molecule has 0 bridgehead atoms. The van der Waals surface area contributed by atoms with Crippen LogP contribution in [0.5, 0.6) is 11.6 Å². The van der Waals surface area contributed by atoms with Gasteiger partial charge in [-0.05, 0) is 12.1 Å². The van der Waals surface area contributed by atoms with Gasteiger partial charge in [-0.25, -0.2) is 9.89 Å². The number of carbonyl (C=O) groups is 2. The highest BCUT2D eigenvalue weighted by atomic mass is 16.6. The van der Waals surface area contributed by atoms with E-state index in [0.29, 0.717) is 0 Å². The van der Waals surface area contributed by atoms with Crippen LogP contribution in [0.25, 0.3) is 0 Å². The van der Waals surface area contributed by atoms with Crippen LogP contribution in [-0.2, 0) is 4.79 Å². The zero-order valence-corrected chi connectivity index (χ0v) is 9.54. The molecule has 0 aliphatic carbocycles. The molecule has 2 rings (SSSR count). The molecule has 1 heterocycles. The molecular formula is C12H10N2O4. The molecule has 0 fully saturated rings. The molecule has 0 aliphatic heterocycles. The summed E-state index contributed by atoms with van der Waals surface area (Å²) in [6, 6.07) is 7.84. The van der Waals surface area contributed by atoms with Gasteiger partial charge in [0.25, 0.3) is 0 Å².